The summed E-state index contributed by atoms with van der Waals surface area (Å²) in [7, 11) is 0. The third-order valence-electron chi connectivity index (χ3n) is 2.80. The van der Waals surface area contributed by atoms with E-state index in [0.29, 0.717) is 5.75 Å². The van der Waals surface area contributed by atoms with Gasteiger partial charge in [-0.1, -0.05) is 30.3 Å². The van der Waals surface area contributed by atoms with E-state index in [0.717, 1.165) is 10.8 Å². The van der Waals surface area contributed by atoms with E-state index >= 15 is 0 Å². The highest BCUT2D eigenvalue weighted by atomic mass is 16.5. The molecule has 98 valence electrons. The molecule has 0 unspecified atom stereocenters. The summed E-state index contributed by atoms with van der Waals surface area (Å²) in [5.74, 6) is -0.317. The first-order valence-corrected chi connectivity index (χ1v) is 5.94. The maximum Gasteiger partial charge on any atom is 0.354 e. The number of rotatable bonds is 3. The predicted molar refractivity (Wildman–Crippen MR) is 73.0 cm³/mol. The molecule has 3 rings (SSSR count). The fraction of sp³-hybridized carbons (Fsp3) is 0. The van der Waals surface area contributed by atoms with E-state index in [4.69, 9.17) is 9.84 Å². The van der Waals surface area contributed by atoms with Crippen LogP contribution in [0.5, 0.6) is 11.6 Å². The number of carboxylic acid groups (broad SMARTS) is 1. The maximum atomic E-state index is 10.8. The number of hydrogen-bond donors (Lipinski definition) is 1. The highest BCUT2D eigenvalue weighted by molar-refractivity contribution is 5.85. The minimum absolute atomic E-state index is 0.101. The van der Waals surface area contributed by atoms with Gasteiger partial charge >= 0.3 is 5.97 Å². The van der Waals surface area contributed by atoms with Crippen LogP contribution in [-0.4, -0.2) is 21.0 Å². The van der Waals surface area contributed by atoms with Crippen LogP contribution in [0.1, 0.15) is 10.5 Å². The minimum atomic E-state index is -1.12. The molecule has 0 fully saturated rings. The molecule has 0 aliphatic carbocycles. The molecule has 2 aromatic carbocycles. The summed E-state index contributed by atoms with van der Waals surface area (Å²) in [6.07, 6.45) is 1.17. The Bertz CT molecular complexity index is 787. The maximum absolute atomic E-state index is 10.8. The molecule has 1 aromatic heterocycles. The van der Waals surface area contributed by atoms with Gasteiger partial charge in [-0.05, 0) is 22.9 Å². The molecule has 0 atom stereocenters. The largest absolute Gasteiger partial charge is 0.477 e. The van der Waals surface area contributed by atoms with E-state index in [2.05, 4.69) is 9.97 Å². The second-order valence-electron chi connectivity index (χ2n) is 4.16. The Hall–Kier alpha value is -2.95. The van der Waals surface area contributed by atoms with E-state index in [1.807, 2.05) is 42.5 Å². The number of aromatic carboxylic acids is 1. The molecule has 5 heteroatoms. The van der Waals surface area contributed by atoms with Crippen molar-refractivity contribution in [3.8, 4) is 11.6 Å². The van der Waals surface area contributed by atoms with Gasteiger partial charge in [0.05, 0.1) is 0 Å². The van der Waals surface area contributed by atoms with Gasteiger partial charge in [0.1, 0.15) is 12.1 Å². The topological polar surface area (TPSA) is 72.3 Å². The molecule has 0 spiro atoms. The van der Waals surface area contributed by atoms with Crippen molar-refractivity contribution in [1.29, 1.82) is 0 Å². The van der Waals surface area contributed by atoms with Gasteiger partial charge < -0.3 is 9.84 Å². The molecule has 0 radical (unpaired) electrons. The SMILES string of the molecule is O=C(O)c1cc(Oc2ccc3ccccc3c2)ncn1. The first kappa shape index (κ1) is 12.1. The third-order valence-corrected chi connectivity index (χ3v) is 2.80. The van der Waals surface area contributed by atoms with E-state index in [1.165, 1.54) is 12.4 Å². The highest BCUT2D eigenvalue weighted by Crippen LogP contribution is 2.24. The quantitative estimate of drug-likeness (QED) is 0.788. The van der Waals surface area contributed by atoms with Crippen molar-refractivity contribution < 1.29 is 14.6 Å². The van der Waals surface area contributed by atoms with Crippen molar-refractivity contribution in [1.82, 2.24) is 9.97 Å². The van der Waals surface area contributed by atoms with Crippen LogP contribution in [0, 0.1) is 0 Å². The number of ether oxygens (including phenoxy) is 1. The lowest BCUT2D eigenvalue weighted by molar-refractivity contribution is 0.0689. The van der Waals surface area contributed by atoms with Gasteiger partial charge in [-0.25, -0.2) is 14.8 Å². The zero-order chi connectivity index (χ0) is 13.9. The molecule has 0 aliphatic heterocycles. The molecule has 0 saturated heterocycles. The van der Waals surface area contributed by atoms with E-state index in [-0.39, 0.29) is 11.6 Å². The summed E-state index contributed by atoms with van der Waals surface area (Å²) in [5, 5.41) is 11.0. The highest BCUT2D eigenvalue weighted by Gasteiger charge is 2.07. The molecule has 0 bridgehead atoms. The first-order chi connectivity index (χ1) is 9.72. The Morgan fingerprint density at radius 2 is 1.80 bits per heavy atom. The lowest BCUT2D eigenvalue weighted by Gasteiger charge is -2.06. The first-order valence-electron chi connectivity index (χ1n) is 5.94. The van der Waals surface area contributed by atoms with Crippen molar-refractivity contribution in [2.75, 3.05) is 0 Å². The lowest BCUT2D eigenvalue weighted by Crippen LogP contribution is -2.01. The average molecular weight is 266 g/mol. The van der Waals surface area contributed by atoms with Gasteiger partial charge in [0.25, 0.3) is 0 Å². The monoisotopic (exact) mass is 266 g/mol. The van der Waals surface area contributed by atoms with Crippen molar-refractivity contribution in [3.63, 3.8) is 0 Å². The number of carboxylic acids is 1. The van der Waals surface area contributed by atoms with E-state index in [9.17, 15) is 4.79 Å². The molecule has 0 saturated carbocycles. The fourth-order valence-electron chi connectivity index (χ4n) is 1.86. The standard InChI is InChI=1S/C15H10N2O3/c18-15(19)13-8-14(17-9-16-13)20-12-6-5-10-3-1-2-4-11(10)7-12/h1-9H,(H,18,19). The smallest absolute Gasteiger partial charge is 0.354 e. The van der Waals surface area contributed by atoms with E-state index in [1.54, 1.807) is 0 Å². The van der Waals surface area contributed by atoms with Crippen LogP contribution in [0.4, 0.5) is 0 Å². The molecule has 3 aromatic rings. The molecule has 0 amide bonds. The Labute approximate surface area is 114 Å². The van der Waals surface area contributed by atoms with Crippen LogP contribution in [0.25, 0.3) is 10.8 Å². The number of carbonyl (C=O) groups is 1. The lowest BCUT2D eigenvalue weighted by atomic mass is 10.1. The molecule has 1 N–H and O–H groups in total. The summed E-state index contributed by atoms with van der Waals surface area (Å²) in [6.45, 7) is 0. The zero-order valence-electron chi connectivity index (χ0n) is 10.4. The van der Waals surface area contributed by atoms with Gasteiger partial charge in [-0.3, -0.25) is 0 Å². The second-order valence-corrected chi connectivity index (χ2v) is 4.16. The molecule has 1 heterocycles. The van der Waals surface area contributed by atoms with Crippen molar-refractivity contribution in [3.05, 3.63) is 60.6 Å². The van der Waals surface area contributed by atoms with Gasteiger partial charge in [-0.15, -0.1) is 0 Å². The minimum Gasteiger partial charge on any atom is -0.477 e. The Balaban J connectivity index is 1.92. The van der Waals surface area contributed by atoms with Gasteiger partial charge in [-0.2, -0.15) is 0 Å². The van der Waals surface area contributed by atoms with Crippen LogP contribution in [0.2, 0.25) is 0 Å². The van der Waals surface area contributed by atoms with Crippen molar-refractivity contribution >= 4 is 16.7 Å². The molecule has 0 aliphatic rings. The van der Waals surface area contributed by atoms with E-state index < -0.39 is 5.97 Å². The Morgan fingerprint density at radius 3 is 2.60 bits per heavy atom. The summed E-state index contributed by atoms with van der Waals surface area (Å²) < 4.78 is 5.56. The fourth-order valence-corrected chi connectivity index (χ4v) is 1.86. The normalized spacial score (nSPS) is 10.4. The Kier molecular flexibility index (Phi) is 3.01. The number of fused-ring (bicyclic) bond motifs is 1. The van der Waals surface area contributed by atoms with Crippen LogP contribution >= 0.6 is 0 Å². The van der Waals surface area contributed by atoms with Crippen molar-refractivity contribution in [2.45, 2.75) is 0 Å². The number of benzene rings is 2. The number of aromatic nitrogens is 2. The molecular weight excluding hydrogens is 256 g/mol. The summed E-state index contributed by atoms with van der Waals surface area (Å²) in [4.78, 5) is 18.4. The Morgan fingerprint density at radius 1 is 1.00 bits per heavy atom. The summed E-state index contributed by atoms with van der Waals surface area (Å²) in [6, 6.07) is 14.8. The van der Waals surface area contributed by atoms with Crippen LogP contribution in [0.15, 0.2) is 54.9 Å². The molecular formula is C15H10N2O3. The van der Waals surface area contributed by atoms with Crippen LogP contribution in [-0.2, 0) is 0 Å². The molecule has 5 nitrogen and oxygen atoms in total. The van der Waals surface area contributed by atoms with Crippen LogP contribution in [0.3, 0.4) is 0 Å². The third kappa shape index (κ3) is 2.42. The van der Waals surface area contributed by atoms with Crippen LogP contribution < -0.4 is 4.74 Å². The van der Waals surface area contributed by atoms with Gasteiger partial charge in [0, 0.05) is 6.07 Å². The number of nitrogens with zero attached hydrogens (tertiary/aromatic N) is 2. The van der Waals surface area contributed by atoms with Crippen molar-refractivity contribution in [2.24, 2.45) is 0 Å². The van der Waals surface area contributed by atoms with Gasteiger partial charge in [0.2, 0.25) is 5.88 Å². The average Bonchev–Trinajstić information content (AvgIpc) is 2.47. The van der Waals surface area contributed by atoms with Gasteiger partial charge in [0.15, 0.2) is 5.69 Å². The predicted octanol–water partition coefficient (Wildman–Crippen LogP) is 3.12. The summed E-state index contributed by atoms with van der Waals surface area (Å²) >= 11 is 0. The number of hydrogen-bond acceptors (Lipinski definition) is 4. The summed E-state index contributed by atoms with van der Waals surface area (Å²) in [5.41, 5.74) is -0.101. The molecule has 20 heavy (non-hydrogen) atoms. The zero-order valence-corrected chi connectivity index (χ0v) is 10.4. The second kappa shape index (κ2) is 4.97.